The van der Waals surface area contributed by atoms with Crippen molar-refractivity contribution in [1.29, 1.82) is 0 Å². The third-order valence-corrected chi connectivity index (χ3v) is 4.60. The van der Waals surface area contributed by atoms with E-state index < -0.39 is 0 Å². The highest BCUT2D eigenvalue weighted by Crippen LogP contribution is 2.33. The van der Waals surface area contributed by atoms with Gasteiger partial charge in [0.15, 0.2) is 11.5 Å². The minimum atomic E-state index is -0.275. The Balaban J connectivity index is 1.77. The van der Waals surface area contributed by atoms with Gasteiger partial charge in [0, 0.05) is 20.2 Å². The third kappa shape index (κ3) is 5.42. The molecule has 8 heteroatoms. The van der Waals surface area contributed by atoms with Crippen LogP contribution in [0.5, 0.6) is 11.5 Å². The first-order valence-electron chi connectivity index (χ1n) is 9.59. The van der Waals surface area contributed by atoms with E-state index in [1.54, 1.807) is 11.0 Å². The van der Waals surface area contributed by atoms with Gasteiger partial charge in [-0.1, -0.05) is 12.1 Å². The van der Waals surface area contributed by atoms with Crippen molar-refractivity contribution < 1.29 is 28.2 Å². The molecule has 0 N–H and O–H groups in total. The summed E-state index contributed by atoms with van der Waals surface area (Å²) in [5, 5.41) is 0. The first-order chi connectivity index (χ1) is 14.5. The van der Waals surface area contributed by atoms with E-state index in [0.29, 0.717) is 23.8 Å². The Hall–Kier alpha value is -3.26. The van der Waals surface area contributed by atoms with Crippen LogP contribution in [0.1, 0.15) is 17.1 Å². The Morgan fingerprint density at radius 2 is 1.90 bits per heavy atom. The lowest BCUT2D eigenvalue weighted by Crippen LogP contribution is -2.43. The van der Waals surface area contributed by atoms with E-state index in [0.717, 1.165) is 11.3 Å². The summed E-state index contributed by atoms with van der Waals surface area (Å²) >= 11 is 0. The van der Waals surface area contributed by atoms with Crippen molar-refractivity contribution in [3.63, 3.8) is 0 Å². The molecule has 3 rings (SSSR count). The number of carbonyl (C=O) groups excluding carboxylic acids is 2. The quantitative estimate of drug-likeness (QED) is 0.556. The molecule has 0 atom stereocenters. The molecule has 30 heavy (non-hydrogen) atoms. The molecule has 160 valence electrons. The highest BCUT2D eigenvalue weighted by atomic mass is 16.7. The molecular weight excluding hydrogens is 388 g/mol. The molecule has 8 nitrogen and oxygen atoms in total. The fraction of sp³-hybridized carbons (Fsp3) is 0.364. The minimum absolute atomic E-state index is 0.0849. The molecule has 0 bridgehead atoms. The van der Waals surface area contributed by atoms with Crippen molar-refractivity contribution >= 4 is 11.8 Å². The predicted molar refractivity (Wildman–Crippen MR) is 109 cm³/mol. The number of hydrogen-bond acceptors (Lipinski definition) is 6. The molecule has 0 saturated carbocycles. The zero-order chi connectivity index (χ0) is 21.5. The molecule has 1 aromatic carbocycles. The van der Waals surface area contributed by atoms with Gasteiger partial charge >= 0.3 is 0 Å². The second-order valence-electron chi connectivity index (χ2n) is 6.95. The first kappa shape index (κ1) is 21.4. The molecular formula is C22H26N2O6. The van der Waals surface area contributed by atoms with E-state index in [4.69, 9.17) is 18.6 Å². The Bertz CT molecular complexity index is 907. The lowest BCUT2D eigenvalue weighted by molar-refractivity contribution is -0.143. The van der Waals surface area contributed by atoms with Crippen molar-refractivity contribution in [2.75, 3.05) is 33.6 Å². The lowest BCUT2D eigenvalue weighted by Gasteiger charge is -2.26. The number of furan rings is 1. The van der Waals surface area contributed by atoms with Crippen LogP contribution in [0.4, 0.5) is 0 Å². The fourth-order valence-electron chi connectivity index (χ4n) is 3.14. The predicted octanol–water partition coefficient (Wildman–Crippen LogP) is 2.51. The summed E-state index contributed by atoms with van der Waals surface area (Å²) in [5.74, 6) is 2.28. The van der Waals surface area contributed by atoms with Crippen LogP contribution in [0, 0.1) is 6.92 Å². The Morgan fingerprint density at radius 1 is 1.10 bits per heavy atom. The number of hydrogen-bond donors (Lipinski definition) is 0. The average molecular weight is 414 g/mol. The van der Waals surface area contributed by atoms with Gasteiger partial charge in [0.2, 0.25) is 18.6 Å². The fourth-order valence-corrected chi connectivity index (χ4v) is 3.14. The van der Waals surface area contributed by atoms with Crippen LogP contribution in [-0.4, -0.2) is 55.2 Å². The second kappa shape index (κ2) is 9.98. The van der Waals surface area contributed by atoms with Gasteiger partial charge in [-0.05, 0) is 36.8 Å². The summed E-state index contributed by atoms with van der Waals surface area (Å²) in [4.78, 5) is 28.5. The molecule has 2 heterocycles. The molecule has 1 aliphatic rings. The van der Waals surface area contributed by atoms with Gasteiger partial charge in [-0.25, -0.2) is 0 Å². The second-order valence-corrected chi connectivity index (χ2v) is 6.95. The van der Waals surface area contributed by atoms with Gasteiger partial charge < -0.3 is 28.4 Å². The number of aryl methyl sites for hydroxylation is 1. The standard InChI is InChI=1S/C22H26N2O6/c1-4-9-23(22(26)14-27-3)13-21(25)24(12-18-7-5-16(2)30-18)11-17-6-8-19-20(10-17)29-15-28-19/h4-8,10H,1,9,11-15H2,2-3H3. The number of ether oxygens (including phenoxy) is 3. The van der Waals surface area contributed by atoms with Crippen LogP contribution in [0.15, 0.2) is 47.4 Å². The number of fused-ring (bicyclic) bond motifs is 1. The number of rotatable bonds is 10. The third-order valence-electron chi connectivity index (χ3n) is 4.60. The monoisotopic (exact) mass is 414 g/mol. The Kier molecular flexibility index (Phi) is 7.13. The molecule has 0 unspecified atom stereocenters. The van der Waals surface area contributed by atoms with Crippen LogP contribution in [0.25, 0.3) is 0 Å². The number of carbonyl (C=O) groups is 2. The maximum absolute atomic E-state index is 13.1. The highest BCUT2D eigenvalue weighted by molar-refractivity contribution is 5.85. The molecule has 2 amide bonds. The molecule has 2 aromatic rings. The summed E-state index contributed by atoms with van der Waals surface area (Å²) < 4.78 is 21.4. The van der Waals surface area contributed by atoms with Gasteiger partial charge in [-0.2, -0.15) is 0 Å². The van der Waals surface area contributed by atoms with Crippen molar-refractivity contribution in [2.45, 2.75) is 20.0 Å². The molecule has 0 fully saturated rings. The SMILES string of the molecule is C=CCN(CC(=O)N(Cc1ccc2c(c1)OCO2)Cc1ccc(C)o1)C(=O)COC. The van der Waals surface area contributed by atoms with E-state index in [9.17, 15) is 9.59 Å². The molecule has 0 spiro atoms. The summed E-state index contributed by atoms with van der Waals surface area (Å²) in [6.45, 7) is 6.38. The molecule has 1 aliphatic heterocycles. The number of nitrogens with zero attached hydrogens (tertiary/aromatic N) is 2. The topological polar surface area (TPSA) is 81.5 Å². The normalized spacial score (nSPS) is 11.9. The van der Waals surface area contributed by atoms with Gasteiger partial charge in [0.1, 0.15) is 24.7 Å². The number of methoxy groups -OCH3 is 1. The zero-order valence-electron chi connectivity index (χ0n) is 17.3. The van der Waals surface area contributed by atoms with E-state index in [1.807, 2.05) is 37.3 Å². The molecule has 0 saturated heterocycles. The van der Waals surface area contributed by atoms with E-state index in [1.165, 1.54) is 12.0 Å². The van der Waals surface area contributed by atoms with Gasteiger partial charge in [-0.15, -0.1) is 6.58 Å². The van der Waals surface area contributed by atoms with Crippen LogP contribution in [0.2, 0.25) is 0 Å². The average Bonchev–Trinajstić information content (AvgIpc) is 3.35. The zero-order valence-corrected chi connectivity index (χ0v) is 17.3. The largest absolute Gasteiger partial charge is 0.464 e. The molecule has 0 aliphatic carbocycles. The highest BCUT2D eigenvalue weighted by Gasteiger charge is 2.23. The van der Waals surface area contributed by atoms with Crippen molar-refractivity contribution in [3.05, 3.63) is 60.1 Å². The van der Waals surface area contributed by atoms with Crippen molar-refractivity contribution in [3.8, 4) is 11.5 Å². The van der Waals surface area contributed by atoms with Crippen molar-refractivity contribution in [2.24, 2.45) is 0 Å². The van der Waals surface area contributed by atoms with Gasteiger partial charge in [0.05, 0.1) is 6.54 Å². The van der Waals surface area contributed by atoms with Crippen LogP contribution >= 0.6 is 0 Å². The van der Waals surface area contributed by atoms with Gasteiger partial charge in [-0.3, -0.25) is 9.59 Å². The maximum atomic E-state index is 13.1. The van der Waals surface area contributed by atoms with E-state index >= 15 is 0 Å². The molecule has 0 radical (unpaired) electrons. The minimum Gasteiger partial charge on any atom is -0.464 e. The Morgan fingerprint density at radius 3 is 2.60 bits per heavy atom. The summed E-state index contributed by atoms with van der Waals surface area (Å²) in [6.07, 6.45) is 1.58. The summed E-state index contributed by atoms with van der Waals surface area (Å²) in [5.41, 5.74) is 0.884. The van der Waals surface area contributed by atoms with E-state index in [2.05, 4.69) is 6.58 Å². The maximum Gasteiger partial charge on any atom is 0.249 e. The molecule has 1 aromatic heterocycles. The first-order valence-corrected chi connectivity index (χ1v) is 9.59. The number of amides is 2. The summed E-state index contributed by atoms with van der Waals surface area (Å²) in [6, 6.07) is 9.26. The van der Waals surface area contributed by atoms with Crippen molar-refractivity contribution in [1.82, 2.24) is 9.80 Å². The van der Waals surface area contributed by atoms with Crippen LogP contribution in [0.3, 0.4) is 0 Å². The lowest BCUT2D eigenvalue weighted by atomic mass is 10.2. The van der Waals surface area contributed by atoms with Crippen LogP contribution < -0.4 is 9.47 Å². The summed E-state index contributed by atoms with van der Waals surface area (Å²) in [7, 11) is 1.44. The van der Waals surface area contributed by atoms with Crippen LogP contribution in [-0.2, 0) is 27.4 Å². The van der Waals surface area contributed by atoms with E-state index in [-0.39, 0.29) is 44.8 Å². The number of benzene rings is 1. The van der Waals surface area contributed by atoms with Gasteiger partial charge in [0.25, 0.3) is 0 Å². The Labute approximate surface area is 175 Å². The smallest absolute Gasteiger partial charge is 0.249 e.